The Labute approximate surface area is 589 Å². The number of thiophene rings is 1. The van der Waals surface area contributed by atoms with E-state index in [-0.39, 0.29) is 0 Å². The molecule has 0 unspecified atom stereocenters. The molecule has 101 heavy (non-hydrogen) atoms. The molecular formula is C99H63NS. The van der Waals surface area contributed by atoms with E-state index in [9.17, 15) is 0 Å². The maximum absolute atomic E-state index is 4.18. The number of aromatic nitrogens is 1. The number of nitrogens with zero attached hydrogens (tertiary/aromatic N) is 1. The first-order chi connectivity index (χ1) is 50.0. The molecule has 0 atom stereocenters. The summed E-state index contributed by atoms with van der Waals surface area (Å²) in [6.45, 7) is 6.49. The fraction of sp³-hybridized carbons (Fsp3) is 0.0101. The third-order valence-electron chi connectivity index (χ3n) is 21.5. The Morgan fingerprint density at radius 2 is 0.634 bits per heavy atom. The van der Waals surface area contributed by atoms with Gasteiger partial charge in [-0.25, -0.2) is 0 Å². The fourth-order valence-corrected chi connectivity index (χ4v) is 18.2. The van der Waals surface area contributed by atoms with E-state index in [1.54, 1.807) is 0 Å². The van der Waals surface area contributed by atoms with Crippen LogP contribution in [0.1, 0.15) is 11.3 Å². The molecule has 470 valence electrons. The van der Waals surface area contributed by atoms with Gasteiger partial charge in [-0.1, -0.05) is 328 Å². The van der Waals surface area contributed by atoms with Crippen LogP contribution in [0.4, 0.5) is 0 Å². The smallest absolute Gasteiger partial charge is 0.0623 e. The summed E-state index contributed by atoms with van der Waals surface area (Å²) in [5.41, 5.74) is 24.5. The standard InChI is InChI=1S/C99H63NS/c1-3-4-48-90-61(2)94-86(55-56-89-77-50-49-66(60-91(77)100(90)99(89)94)96-80-38-17-21-42-84(80)97(85-43-22-18-39-81(85)96)87-53-51-67(62-26-7-5-8-27-62)68-32-11-13-34-73(68)87)75-47-25-44-70-71(75)45-24-46-72(70)76-52-54-88(74-35-14-12-33-69(74)76)98-82-40-19-15-36-78(82)95(79-37-16-20-41-83(79)98)65-31-23-30-64(59-65)93-58-57-92(101-93)63-28-9-6-10-29-63/h3-60H,1H2,2H3/b48-4-. The number of hydrogen-bond donors (Lipinski definition) is 0. The van der Waals surface area contributed by atoms with Crippen LogP contribution in [0.5, 0.6) is 0 Å². The predicted octanol–water partition coefficient (Wildman–Crippen LogP) is 28.3. The van der Waals surface area contributed by atoms with Crippen molar-refractivity contribution >= 4 is 120 Å². The van der Waals surface area contributed by atoms with Crippen molar-refractivity contribution in [1.29, 1.82) is 0 Å². The first-order valence-corrected chi connectivity index (χ1v) is 35.7. The molecule has 3 heterocycles. The van der Waals surface area contributed by atoms with Crippen molar-refractivity contribution in [1.82, 2.24) is 4.40 Å². The van der Waals surface area contributed by atoms with E-state index in [4.69, 9.17) is 0 Å². The van der Waals surface area contributed by atoms with Gasteiger partial charge in [-0.2, -0.15) is 0 Å². The highest BCUT2D eigenvalue weighted by Gasteiger charge is 2.27. The van der Waals surface area contributed by atoms with Gasteiger partial charge in [0.15, 0.2) is 0 Å². The number of fused-ring (bicyclic) bond motifs is 10. The highest BCUT2D eigenvalue weighted by molar-refractivity contribution is 7.18. The van der Waals surface area contributed by atoms with Crippen molar-refractivity contribution in [3.05, 3.63) is 364 Å². The molecule has 20 rings (SSSR count). The lowest BCUT2D eigenvalue weighted by Gasteiger charge is -2.20. The molecule has 0 saturated heterocycles. The third kappa shape index (κ3) is 9.09. The van der Waals surface area contributed by atoms with Crippen LogP contribution in [-0.4, -0.2) is 4.40 Å². The molecule has 0 bridgehead atoms. The monoisotopic (exact) mass is 1300 g/mol. The van der Waals surface area contributed by atoms with Gasteiger partial charge in [0.25, 0.3) is 0 Å². The summed E-state index contributed by atoms with van der Waals surface area (Å²) in [6, 6.07) is 125. The Kier molecular flexibility index (Phi) is 13.6. The van der Waals surface area contributed by atoms with Crippen LogP contribution in [-0.2, 0) is 0 Å². The lowest BCUT2D eigenvalue weighted by molar-refractivity contribution is 1.25. The molecule has 0 saturated carbocycles. The first-order valence-electron chi connectivity index (χ1n) is 34.9. The van der Waals surface area contributed by atoms with Gasteiger partial charge in [0.1, 0.15) is 0 Å². The van der Waals surface area contributed by atoms with Gasteiger partial charge in [-0.05, 0) is 207 Å². The maximum Gasteiger partial charge on any atom is 0.0623 e. The molecular weight excluding hydrogens is 1240 g/mol. The Hall–Kier alpha value is -12.7. The second-order valence-corrected chi connectivity index (χ2v) is 27.9. The quantitative estimate of drug-likeness (QED) is 0.0898. The van der Waals surface area contributed by atoms with E-state index in [0.29, 0.717) is 0 Å². The minimum atomic E-state index is 1.16. The minimum absolute atomic E-state index is 1.16. The molecule has 0 spiro atoms. The van der Waals surface area contributed by atoms with E-state index in [1.807, 2.05) is 17.4 Å². The summed E-state index contributed by atoms with van der Waals surface area (Å²) in [7, 11) is 0. The topological polar surface area (TPSA) is 4.41 Å². The van der Waals surface area contributed by atoms with Crippen molar-refractivity contribution in [2.24, 2.45) is 0 Å². The van der Waals surface area contributed by atoms with E-state index < -0.39 is 0 Å². The number of rotatable bonds is 11. The summed E-state index contributed by atoms with van der Waals surface area (Å²) < 4.78 is 2.54. The average Bonchev–Trinajstić information content (AvgIpc) is 1.62. The zero-order chi connectivity index (χ0) is 66.8. The Bertz CT molecular complexity index is 6720. The van der Waals surface area contributed by atoms with E-state index in [0.717, 1.165) is 5.69 Å². The summed E-state index contributed by atoms with van der Waals surface area (Å²) in [5, 5.41) is 21.0. The van der Waals surface area contributed by atoms with Gasteiger partial charge in [-0.3, -0.25) is 0 Å². The molecule has 2 heteroatoms. The highest BCUT2D eigenvalue weighted by Crippen LogP contribution is 2.52. The zero-order valence-corrected chi connectivity index (χ0v) is 56.4. The molecule has 0 radical (unpaired) electrons. The van der Waals surface area contributed by atoms with Crippen LogP contribution < -0.4 is 0 Å². The van der Waals surface area contributed by atoms with Crippen LogP contribution >= 0.6 is 11.3 Å². The molecule has 0 N–H and O–H groups in total. The van der Waals surface area contributed by atoms with Crippen molar-refractivity contribution in [3.8, 4) is 98.8 Å². The maximum atomic E-state index is 4.18. The SMILES string of the molecule is C=C/C=C\c1c(C)c2c(-c3cccc4c(-c5ccc(-c6c7ccccc7c(-c7cccc(-c8ccc(-c9ccccc9)s8)c7)c7ccccc67)c6ccccc56)cccc34)ccc3c4ccc(-c5c6ccccc6c(-c6ccc(-c7ccccc7)c7ccccc67)c6ccccc56)cc4n1c23. The summed E-state index contributed by atoms with van der Waals surface area (Å²) >= 11 is 1.85. The van der Waals surface area contributed by atoms with Crippen molar-refractivity contribution in [2.45, 2.75) is 6.92 Å². The van der Waals surface area contributed by atoms with Crippen molar-refractivity contribution < 1.29 is 0 Å². The van der Waals surface area contributed by atoms with Gasteiger partial charge in [0.05, 0.1) is 11.0 Å². The van der Waals surface area contributed by atoms with Gasteiger partial charge < -0.3 is 4.40 Å². The second-order valence-electron chi connectivity index (χ2n) is 26.8. The normalized spacial score (nSPS) is 12.0. The van der Waals surface area contributed by atoms with E-state index in [2.05, 4.69) is 364 Å². The zero-order valence-electron chi connectivity index (χ0n) is 55.5. The van der Waals surface area contributed by atoms with Crippen LogP contribution in [0.25, 0.3) is 207 Å². The second kappa shape index (κ2) is 23.5. The highest BCUT2D eigenvalue weighted by atomic mass is 32.1. The molecule has 0 fully saturated rings. The van der Waals surface area contributed by atoms with Gasteiger partial charge in [0.2, 0.25) is 0 Å². The molecule has 0 amide bonds. The molecule has 0 aliphatic heterocycles. The third-order valence-corrected chi connectivity index (χ3v) is 22.7. The van der Waals surface area contributed by atoms with Crippen LogP contribution in [0.15, 0.2) is 352 Å². The summed E-state index contributed by atoms with van der Waals surface area (Å²) in [5.74, 6) is 0. The molecule has 20 aromatic rings. The van der Waals surface area contributed by atoms with Crippen LogP contribution in [0, 0.1) is 6.92 Å². The van der Waals surface area contributed by atoms with Crippen LogP contribution in [0.3, 0.4) is 0 Å². The Morgan fingerprint density at radius 1 is 0.267 bits per heavy atom. The summed E-state index contributed by atoms with van der Waals surface area (Å²) in [4.78, 5) is 2.53. The summed E-state index contributed by atoms with van der Waals surface area (Å²) in [6.07, 6.45) is 6.25. The van der Waals surface area contributed by atoms with Crippen molar-refractivity contribution in [3.63, 3.8) is 0 Å². The molecule has 0 aliphatic rings. The van der Waals surface area contributed by atoms with Gasteiger partial charge in [0, 0.05) is 31.6 Å². The fourth-order valence-electron chi connectivity index (χ4n) is 17.2. The molecule has 3 aromatic heterocycles. The number of hydrogen-bond acceptors (Lipinski definition) is 1. The first kappa shape index (κ1) is 58.4. The number of aryl methyl sites for hydroxylation is 1. The largest absolute Gasteiger partial charge is 0.308 e. The Morgan fingerprint density at radius 3 is 1.17 bits per heavy atom. The van der Waals surface area contributed by atoms with Gasteiger partial charge >= 0.3 is 0 Å². The molecule has 17 aromatic carbocycles. The molecule has 0 aliphatic carbocycles. The average molecular weight is 1300 g/mol. The Balaban J connectivity index is 0.720. The molecule has 1 nitrogen and oxygen atoms in total. The number of benzene rings is 17. The predicted molar refractivity (Wildman–Crippen MR) is 437 cm³/mol. The lowest BCUT2D eigenvalue weighted by atomic mass is 9.83. The van der Waals surface area contributed by atoms with Crippen molar-refractivity contribution in [2.75, 3.05) is 0 Å². The lowest BCUT2D eigenvalue weighted by Crippen LogP contribution is -1.93. The van der Waals surface area contributed by atoms with Crippen LogP contribution in [0.2, 0.25) is 0 Å². The van der Waals surface area contributed by atoms with E-state index >= 15 is 0 Å². The number of allylic oxidation sites excluding steroid dienone is 2. The minimum Gasteiger partial charge on any atom is -0.308 e. The van der Waals surface area contributed by atoms with E-state index in [1.165, 1.54) is 207 Å². The van der Waals surface area contributed by atoms with Gasteiger partial charge in [-0.15, -0.1) is 11.3 Å².